The fourth-order valence-corrected chi connectivity index (χ4v) is 4.43. The molecule has 1 aliphatic rings. The number of hydrogen-bond donors (Lipinski definition) is 0. The molecule has 0 atom stereocenters. The minimum atomic E-state index is -3.53. The molecule has 0 aromatic heterocycles. The van der Waals surface area contributed by atoms with E-state index in [1.54, 1.807) is 17.0 Å². The van der Waals surface area contributed by atoms with Gasteiger partial charge in [0.05, 0.1) is 4.90 Å². The standard InChI is InChI=1S/C17H26ClN3O3S/c1-3-19(4-2)10-9-17(22)20-11-13-21(14-12-20)25(23,24)16-7-5-15(18)6-8-16/h5-8H,3-4,9-14H2,1-2H3. The fourth-order valence-electron chi connectivity index (χ4n) is 2.89. The highest BCUT2D eigenvalue weighted by atomic mass is 35.5. The van der Waals surface area contributed by atoms with Gasteiger partial charge < -0.3 is 9.80 Å². The maximum absolute atomic E-state index is 12.6. The third-order valence-electron chi connectivity index (χ3n) is 4.58. The maximum Gasteiger partial charge on any atom is 0.243 e. The number of rotatable bonds is 7. The van der Waals surface area contributed by atoms with Crippen molar-refractivity contribution in [2.75, 3.05) is 45.8 Å². The Labute approximate surface area is 155 Å². The van der Waals surface area contributed by atoms with Gasteiger partial charge in [0.1, 0.15) is 0 Å². The fraction of sp³-hybridized carbons (Fsp3) is 0.588. The van der Waals surface area contributed by atoms with E-state index in [1.165, 1.54) is 16.4 Å². The summed E-state index contributed by atoms with van der Waals surface area (Å²) >= 11 is 5.82. The van der Waals surface area contributed by atoms with Gasteiger partial charge in [-0.1, -0.05) is 25.4 Å². The van der Waals surface area contributed by atoms with Gasteiger partial charge in [0.25, 0.3) is 0 Å². The molecule has 0 unspecified atom stereocenters. The number of nitrogens with zero attached hydrogens (tertiary/aromatic N) is 3. The van der Waals surface area contributed by atoms with Crippen molar-refractivity contribution in [1.29, 1.82) is 0 Å². The average molecular weight is 388 g/mol. The van der Waals surface area contributed by atoms with Crippen LogP contribution in [-0.2, 0) is 14.8 Å². The predicted octanol–water partition coefficient (Wildman–Crippen LogP) is 1.90. The highest BCUT2D eigenvalue weighted by Gasteiger charge is 2.29. The third kappa shape index (κ3) is 5.17. The summed E-state index contributed by atoms with van der Waals surface area (Å²) in [6, 6.07) is 6.17. The normalized spacial score (nSPS) is 16.4. The topological polar surface area (TPSA) is 60.9 Å². The summed E-state index contributed by atoms with van der Waals surface area (Å²) in [5.74, 6) is 0.0930. The molecule has 1 aromatic carbocycles. The lowest BCUT2D eigenvalue weighted by Gasteiger charge is -2.34. The zero-order chi connectivity index (χ0) is 18.4. The van der Waals surface area contributed by atoms with Crippen LogP contribution in [0.5, 0.6) is 0 Å². The van der Waals surface area contributed by atoms with Gasteiger partial charge in [0.15, 0.2) is 0 Å². The van der Waals surface area contributed by atoms with Crippen LogP contribution in [0.25, 0.3) is 0 Å². The molecule has 0 aliphatic carbocycles. The molecular formula is C17H26ClN3O3S. The molecule has 1 fully saturated rings. The van der Waals surface area contributed by atoms with Crippen LogP contribution in [0.4, 0.5) is 0 Å². The van der Waals surface area contributed by atoms with Crippen LogP contribution >= 0.6 is 11.6 Å². The van der Waals surface area contributed by atoms with E-state index in [0.29, 0.717) is 37.6 Å². The molecule has 0 N–H and O–H groups in total. The van der Waals surface area contributed by atoms with Crippen LogP contribution in [0.2, 0.25) is 5.02 Å². The Balaban J connectivity index is 1.90. The van der Waals surface area contributed by atoms with Crippen LogP contribution in [-0.4, -0.2) is 74.2 Å². The van der Waals surface area contributed by atoms with E-state index in [0.717, 1.165) is 19.6 Å². The molecule has 1 aromatic rings. The van der Waals surface area contributed by atoms with E-state index >= 15 is 0 Å². The lowest BCUT2D eigenvalue weighted by molar-refractivity contribution is -0.132. The second-order valence-corrected chi connectivity index (χ2v) is 8.39. The van der Waals surface area contributed by atoms with Crippen LogP contribution in [0, 0.1) is 0 Å². The van der Waals surface area contributed by atoms with E-state index in [9.17, 15) is 13.2 Å². The molecular weight excluding hydrogens is 362 g/mol. The van der Waals surface area contributed by atoms with E-state index < -0.39 is 10.0 Å². The molecule has 1 saturated heterocycles. The van der Waals surface area contributed by atoms with Crippen molar-refractivity contribution in [3.05, 3.63) is 29.3 Å². The van der Waals surface area contributed by atoms with E-state index in [4.69, 9.17) is 11.6 Å². The SMILES string of the molecule is CCN(CC)CCC(=O)N1CCN(S(=O)(=O)c2ccc(Cl)cc2)CC1. The van der Waals surface area contributed by atoms with Gasteiger partial charge in [-0.25, -0.2) is 8.42 Å². The molecule has 0 bridgehead atoms. The molecule has 8 heteroatoms. The minimum absolute atomic E-state index is 0.0930. The highest BCUT2D eigenvalue weighted by molar-refractivity contribution is 7.89. The number of carbonyl (C=O) groups is 1. The first-order chi connectivity index (χ1) is 11.9. The number of amides is 1. The lowest BCUT2D eigenvalue weighted by atomic mass is 10.3. The van der Waals surface area contributed by atoms with Gasteiger partial charge in [-0.05, 0) is 37.4 Å². The molecule has 6 nitrogen and oxygen atoms in total. The summed E-state index contributed by atoms with van der Waals surface area (Å²) in [5.41, 5.74) is 0. The first-order valence-electron chi connectivity index (χ1n) is 8.64. The summed E-state index contributed by atoms with van der Waals surface area (Å²) in [4.78, 5) is 16.5. The van der Waals surface area contributed by atoms with Crippen molar-refractivity contribution in [3.8, 4) is 0 Å². The Kier molecular flexibility index (Phi) is 7.25. The van der Waals surface area contributed by atoms with Gasteiger partial charge in [-0.3, -0.25) is 4.79 Å². The van der Waals surface area contributed by atoms with Gasteiger partial charge in [0, 0.05) is 44.2 Å². The molecule has 2 rings (SSSR count). The number of benzene rings is 1. The Morgan fingerprint density at radius 2 is 1.64 bits per heavy atom. The molecule has 0 radical (unpaired) electrons. The minimum Gasteiger partial charge on any atom is -0.340 e. The van der Waals surface area contributed by atoms with Crippen molar-refractivity contribution in [2.24, 2.45) is 0 Å². The summed E-state index contributed by atoms with van der Waals surface area (Å²) in [5, 5.41) is 0.502. The van der Waals surface area contributed by atoms with Crippen LogP contribution < -0.4 is 0 Å². The number of hydrogen-bond acceptors (Lipinski definition) is 4. The first kappa shape index (κ1) is 20.2. The van der Waals surface area contributed by atoms with Crippen molar-refractivity contribution < 1.29 is 13.2 Å². The predicted molar refractivity (Wildman–Crippen MR) is 99.2 cm³/mol. The smallest absolute Gasteiger partial charge is 0.243 e. The van der Waals surface area contributed by atoms with Crippen molar-refractivity contribution in [3.63, 3.8) is 0 Å². The van der Waals surface area contributed by atoms with E-state index in [1.807, 2.05) is 0 Å². The Bertz CT molecular complexity index is 667. The Morgan fingerprint density at radius 1 is 1.08 bits per heavy atom. The zero-order valence-corrected chi connectivity index (χ0v) is 16.4. The molecule has 1 heterocycles. The quantitative estimate of drug-likeness (QED) is 0.717. The number of halogens is 1. The van der Waals surface area contributed by atoms with E-state index in [2.05, 4.69) is 18.7 Å². The van der Waals surface area contributed by atoms with Gasteiger partial charge in [-0.15, -0.1) is 0 Å². The van der Waals surface area contributed by atoms with Gasteiger partial charge in [-0.2, -0.15) is 4.31 Å². The second-order valence-electron chi connectivity index (χ2n) is 6.02. The first-order valence-corrected chi connectivity index (χ1v) is 10.5. The van der Waals surface area contributed by atoms with Gasteiger partial charge in [0.2, 0.25) is 15.9 Å². The number of carbonyl (C=O) groups excluding carboxylic acids is 1. The molecule has 25 heavy (non-hydrogen) atoms. The maximum atomic E-state index is 12.6. The van der Waals surface area contributed by atoms with E-state index in [-0.39, 0.29) is 10.8 Å². The molecule has 0 spiro atoms. The molecule has 1 amide bonds. The summed E-state index contributed by atoms with van der Waals surface area (Å²) in [6.07, 6.45) is 0.478. The average Bonchev–Trinajstić information content (AvgIpc) is 2.63. The zero-order valence-electron chi connectivity index (χ0n) is 14.8. The van der Waals surface area contributed by atoms with Crippen molar-refractivity contribution in [2.45, 2.75) is 25.2 Å². The van der Waals surface area contributed by atoms with Crippen LogP contribution in [0.3, 0.4) is 0 Å². The van der Waals surface area contributed by atoms with Crippen molar-refractivity contribution >= 4 is 27.5 Å². The third-order valence-corrected chi connectivity index (χ3v) is 6.74. The Morgan fingerprint density at radius 3 is 2.16 bits per heavy atom. The molecule has 0 saturated carbocycles. The summed E-state index contributed by atoms with van der Waals surface area (Å²) in [6.45, 7) is 8.27. The number of piperazine rings is 1. The Hall–Kier alpha value is -1.15. The van der Waals surface area contributed by atoms with Crippen LogP contribution in [0.1, 0.15) is 20.3 Å². The van der Waals surface area contributed by atoms with Crippen LogP contribution in [0.15, 0.2) is 29.2 Å². The molecule has 1 aliphatic heterocycles. The van der Waals surface area contributed by atoms with Gasteiger partial charge >= 0.3 is 0 Å². The monoisotopic (exact) mass is 387 g/mol. The summed E-state index contributed by atoms with van der Waals surface area (Å²) < 4.78 is 26.7. The summed E-state index contributed by atoms with van der Waals surface area (Å²) in [7, 11) is -3.53. The lowest BCUT2D eigenvalue weighted by Crippen LogP contribution is -2.50. The number of sulfonamides is 1. The molecule has 140 valence electrons. The van der Waals surface area contributed by atoms with Crippen molar-refractivity contribution in [1.82, 2.24) is 14.1 Å². The largest absolute Gasteiger partial charge is 0.340 e. The highest BCUT2D eigenvalue weighted by Crippen LogP contribution is 2.20. The second kappa shape index (κ2) is 8.98.